The van der Waals surface area contributed by atoms with Crippen LogP contribution in [0, 0.1) is 0 Å². The largest absolute Gasteiger partial charge is 0.310 e. The minimum atomic E-state index is -0.257. The average molecular weight is 861 g/mol. The van der Waals surface area contributed by atoms with Gasteiger partial charge in [-0.1, -0.05) is 166 Å². The van der Waals surface area contributed by atoms with Gasteiger partial charge in [-0.2, -0.15) is 0 Å². The molecule has 0 amide bonds. The first kappa shape index (κ1) is 38.5. The summed E-state index contributed by atoms with van der Waals surface area (Å²) in [6.07, 6.45) is 0. The van der Waals surface area contributed by atoms with Crippen molar-refractivity contribution in [3.05, 3.63) is 242 Å². The molecule has 1 aliphatic carbocycles. The van der Waals surface area contributed by atoms with E-state index in [1.54, 1.807) is 0 Å². The Morgan fingerprint density at radius 3 is 1.32 bits per heavy atom. The zero-order chi connectivity index (χ0) is 43.9. The lowest BCUT2D eigenvalue weighted by Gasteiger charge is -2.29. The highest BCUT2D eigenvalue weighted by molar-refractivity contribution is 7.26. The van der Waals surface area contributed by atoms with Crippen LogP contribution in [0.1, 0.15) is 25.0 Å². The van der Waals surface area contributed by atoms with E-state index in [2.05, 4.69) is 254 Å². The van der Waals surface area contributed by atoms with E-state index < -0.39 is 0 Å². The van der Waals surface area contributed by atoms with Gasteiger partial charge in [-0.25, -0.2) is 0 Å². The van der Waals surface area contributed by atoms with Gasteiger partial charge in [0, 0.05) is 59.7 Å². The Morgan fingerprint density at radius 1 is 0.303 bits per heavy atom. The Hall–Kier alpha value is -7.98. The van der Waals surface area contributed by atoms with Crippen molar-refractivity contribution < 1.29 is 0 Å². The fourth-order valence-corrected chi connectivity index (χ4v) is 12.1. The highest BCUT2D eigenvalue weighted by Gasteiger charge is 2.37. The van der Waals surface area contributed by atoms with Gasteiger partial charge in [-0.3, -0.25) is 0 Å². The molecule has 3 heteroatoms. The Kier molecular flexibility index (Phi) is 8.78. The van der Waals surface area contributed by atoms with Crippen LogP contribution in [-0.2, 0) is 5.41 Å². The number of nitrogens with zero attached hydrogens (tertiary/aromatic N) is 2. The third-order valence-corrected chi connectivity index (χ3v) is 15.2. The molecule has 66 heavy (non-hydrogen) atoms. The normalized spacial score (nSPS) is 12.8. The van der Waals surface area contributed by atoms with Gasteiger partial charge in [0.2, 0.25) is 0 Å². The van der Waals surface area contributed by atoms with Crippen LogP contribution in [0.5, 0.6) is 0 Å². The lowest BCUT2D eigenvalue weighted by Crippen LogP contribution is -2.17. The van der Waals surface area contributed by atoms with Gasteiger partial charge in [0.25, 0.3) is 0 Å². The van der Waals surface area contributed by atoms with Crippen LogP contribution in [0.2, 0.25) is 0 Å². The fourth-order valence-electron chi connectivity index (χ4n) is 10.8. The van der Waals surface area contributed by atoms with Crippen LogP contribution >= 0.6 is 11.3 Å². The van der Waals surface area contributed by atoms with Crippen molar-refractivity contribution in [2.45, 2.75) is 19.3 Å². The first-order valence-corrected chi connectivity index (χ1v) is 23.6. The maximum absolute atomic E-state index is 2.46. The molecule has 0 unspecified atom stereocenters. The molecule has 13 rings (SSSR count). The van der Waals surface area contributed by atoms with E-state index in [0.29, 0.717) is 0 Å². The standard InChI is InChI=1S/C63H44N2S/c1-63(2)59-39-46(64(42-16-5-3-6-17-42)43-18-7-4-8-19-43)33-36-54(59)55-37-34-47(40-60(55)63)65(45-32-35-53-51-22-10-9-20-49(51)50-21-11-12-23-52(50)58(53)38-45)44-30-28-41(29-31-44)48-25-15-26-57-56-24-13-14-27-61(56)66-62(48)57/h3-40H,1-2H3. The number of hydrogen-bond acceptors (Lipinski definition) is 3. The van der Waals surface area contributed by atoms with Crippen LogP contribution in [0.4, 0.5) is 34.1 Å². The molecule has 0 saturated heterocycles. The van der Waals surface area contributed by atoms with Crippen molar-refractivity contribution in [2.24, 2.45) is 0 Å². The van der Waals surface area contributed by atoms with Gasteiger partial charge in [0.05, 0.1) is 0 Å². The number of hydrogen-bond donors (Lipinski definition) is 0. The lowest BCUT2D eigenvalue weighted by molar-refractivity contribution is 0.660. The molecule has 0 spiro atoms. The topological polar surface area (TPSA) is 6.48 Å². The number of thiophene rings is 1. The van der Waals surface area contributed by atoms with Gasteiger partial charge in [-0.05, 0) is 145 Å². The van der Waals surface area contributed by atoms with Crippen molar-refractivity contribution in [3.63, 3.8) is 0 Å². The molecule has 312 valence electrons. The van der Waals surface area contributed by atoms with Crippen molar-refractivity contribution in [2.75, 3.05) is 9.80 Å². The predicted molar refractivity (Wildman–Crippen MR) is 284 cm³/mol. The van der Waals surface area contributed by atoms with Crippen molar-refractivity contribution in [1.29, 1.82) is 0 Å². The monoisotopic (exact) mass is 860 g/mol. The quantitative estimate of drug-likeness (QED) is 0.147. The summed E-state index contributed by atoms with van der Waals surface area (Å²) in [5, 5.41) is 10.3. The summed E-state index contributed by atoms with van der Waals surface area (Å²) in [7, 11) is 0. The minimum Gasteiger partial charge on any atom is -0.310 e. The maximum atomic E-state index is 2.46. The van der Waals surface area contributed by atoms with Crippen LogP contribution in [0.15, 0.2) is 231 Å². The first-order chi connectivity index (χ1) is 32.5. The second kappa shape index (κ2) is 15.1. The fraction of sp³-hybridized carbons (Fsp3) is 0.0476. The van der Waals surface area contributed by atoms with Gasteiger partial charge in [0.15, 0.2) is 0 Å². The SMILES string of the molecule is CC1(C)c2cc(N(c3ccccc3)c3ccccc3)ccc2-c2ccc(N(c3ccc(-c4cccc5c4sc4ccccc45)cc3)c3ccc4c5ccccc5c5ccccc5c4c3)cc21. The molecule has 2 nitrogen and oxygen atoms in total. The van der Waals surface area contributed by atoms with Gasteiger partial charge in [0.1, 0.15) is 0 Å². The van der Waals surface area contributed by atoms with Crippen LogP contribution in [-0.4, -0.2) is 0 Å². The molecule has 0 N–H and O–H groups in total. The molecule has 1 aliphatic rings. The van der Waals surface area contributed by atoms with E-state index in [9.17, 15) is 0 Å². The third kappa shape index (κ3) is 6.01. The Labute approximate surface area is 388 Å². The zero-order valence-corrected chi connectivity index (χ0v) is 37.6. The maximum Gasteiger partial charge on any atom is 0.0468 e. The number of fused-ring (bicyclic) bond motifs is 12. The summed E-state index contributed by atoms with van der Waals surface area (Å²) >= 11 is 1.88. The predicted octanol–water partition coefficient (Wildman–Crippen LogP) is 18.4. The molecule has 11 aromatic carbocycles. The summed E-state index contributed by atoms with van der Waals surface area (Å²) < 4.78 is 2.65. The number of para-hydroxylation sites is 2. The van der Waals surface area contributed by atoms with E-state index in [0.717, 1.165) is 34.1 Å². The molecule has 12 aromatic rings. The van der Waals surface area contributed by atoms with Crippen LogP contribution < -0.4 is 9.80 Å². The summed E-state index contributed by atoms with van der Waals surface area (Å²) in [4.78, 5) is 4.83. The molecule has 0 saturated carbocycles. The van der Waals surface area contributed by atoms with Crippen molar-refractivity contribution in [1.82, 2.24) is 0 Å². The average Bonchev–Trinajstić information content (AvgIpc) is 3.86. The number of anilines is 6. The molecule has 0 bridgehead atoms. The minimum absolute atomic E-state index is 0.257. The van der Waals surface area contributed by atoms with E-state index >= 15 is 0 Å². The highest BCUT2D eigenvalue weighted by atomic mass is 32.1. The van der Waals surface area contributed by atoms with E-state index in [-0.39, 0.29) is 5.41 Å². The van der Waals surface area contributed by atoms with E-state index in [1.165, 1.54) is 85.9 Å². The van der Waals surface area contributed by atoms with E-state index in [1.807, 2.05) is 11.3 Å². The summed E-state index contributed by atoms with van der Waals surface area (Å²) in [5.41, 5.74) is 14.3. The molecular formula is C63H44N2S. The third-order valence-electron chi connectivity index (χ3n) is 14.0. The summed E-state index contributed by atoms with van der Waals surface area (Å²) in [6, 6.07) is 85.1. The van der Waals surface area contributed by atoms with Crippen LogP contribution in [0.25, 0.3) is 74.7 Å². The molecule has 0 radical (unpaired) electrons. The number of rotatable bonds is 7. The molecule has 1 aromatic heterocycles. The van der Waals surface area contributed by atoms with Crippen molar-refractivity contribution in [3.8, 4) is 22.3 Å². The van der Waals surface area contributed by atoms with Crippen LogP contribution in [0.3, 0.4) is 0 Å². The Morgan fingerprint density at radius 2 is 0.727 bits per heavy atom. The molecule has 1 heterocycles. The van der Waals surface area contributed by atoms with Gasteiger partial charge >= 0.3 is 0 Å². The summed E-state index contributed by atoms with van der Waals surface area (Å²) in [6.45, 7) is 4.78. The Balaban J connectivity index is 0.965. The van der Waals surface area contributed by atoms with E-state index in [4.69, 9.17) is 0 Å². The Bertz CT molecular complexity index is 3770. The molecule has 0 fully saturated rings. The number of benzene rings is 11. The lowest BCUT2D eigenvalue weighted by atomic mass is 9.82. The second-order valence-corrected chi connectivity index (χ2v) is 19.1. The molecular weight excluding hydrogens is 817 g/mol. The first-order valence-electron chi connectivity index (χ1n) is 22.8. The second-order valence-electron chi connectivity index (χ2n) is 18.1. The van der Waals surface area contributed by atoms with Gasteiger partial charge in [-0.15, -0.1) is 11.3 Å². The zero-order valence-electron chi connectivity index (χ0n) is 36.7. The smallest absolute Gasteiger partial charge is 0.0468 e. The highest BCUT2D eigenvalue weighted by Crippen LogP contribution is 2.53. The van der Waals surface area contributed by atoms with Gasteiger partial charge < -0.3 is 9.80 Å². The molecule has 0 aliphatic heterocycles. The molecule has 0 atom stereocenters. The summed E-state index contributed by atoms with van der Waals surface area (Å²) in [5.74, 6) is 0. The van der Waals surface area contributed by atoms with Crippen molar-refractivity contribution >= 4 is 98.0 Å².